The zero-order valence-electron chi connectivity index (χ0n) is 10.7. The Morgan fingerprint density at radius 3 is 2.67 bits per heavy atom. The SMILES string of the molecule is COc1cc(C)c(N)cc1S(=O)(=O)NCCSC. The van der Waals surface area contributed by atoms with Crippen LogP contribution in [0.2, 0.25) is 0 Å². The lowest BCUT2D eigenvalue weighted by Gasteiger charge is -2.12. The Morgan fingerprint density at radius 2 is 2.11 bits per heavy atom. The molecular formula is C11H18N2O3S2. The first kappa shape index (κ1) is 15.1. The highest BCUT2D eigenvalue weighted by Gasteiger charge is 2.20. The molecule has 0 unspecified atom stereocenters. The monoisotopic (exact) mass is 290 g/mol. The molecule has 0 aliphatic heterocycles. The number of anilines is 1. The van der Waals surface area contributed by atoms with E-state index in [1.807, 2.05) is 6.26 Å². The standard InChI is InChI=1S/C11H18N2O3S2/c1-8-6-10(16-2)11(7-9(8)12)18(14,15)13-4-5-17-3/h6-7,13H,4-5,12H2,1-3H3. The quantitative estimate of drug-likeness (QED) is 0.608. The molecule has 0 saturated heterocycles. The maximum Gasteiger partial charge on any atom is 0.244 e. The summed E-state index contributed by atoms with van der Waals surface area (Å²) in [7, 11) is -2.15. The molecule has 0 aromatic heterocycles. The first-order valence-corrected chi connectivity index (χ1v) is 8.22. The van der Waals surface area contributed by atoms with Crippen LogP contribution in [0.15, 0.2) is 17.0 Å². The third-order valence-corrected chi connectivity index (χ3v) is 4.53. The van der Waals surface area contributed by atoms with E-state index in [-0.39, 0.29) is 4.90 Å². The van der Waals surface area contributed by atoms with Gasteiger partial charge in [0.1, 0.15) is 10.6 Å². The topological polar surface area (TPSA) is 81.4 Å². The van der Waals surface area contributed by atoms with E-state index < -0.39 is 10.0 Å². The highest BCUT2D eigenvalue weighted by atomic mass is 32.2. The van der Waals surface area contributed by atoms with Crippen LogP contribution >= 0.6 is 11.8 Å². The number of methoxy groups -OCH3 is 1. The second kappa shape index (κ2) is 6.31. The van der Waals surface area contributed by atoms with Crippen LogP contribution in [0, 0.1) is 6.92 Å². The first-order chi connectivity index (χ1) is 8.42. The summed E-state index contributed by atoms with van der Waals surface area (Å²) >= 11 is 1.57. The van der Waals surface area contributed by atoms with Crippen LogP contribution in [0.4, 0.5) is 5.69 Å². The molecule has 0 heterocycles. The minimum atomic E-state index is -3.58. The van der Waals surface area contributed by atoms with Gasteiger partial charge in [-0.15, -0.1) is 0 Å². The van der Waals surface area contributed by atoms with Crippen LogP contribution in [0.5, 0.6) is 5.75 Å². The molecule has 0 aliphatic rings. The zero-order valence-corrected chi connectivity index (χ0v) is 12.3. The van der Waals surface area contributed by atoms with E-state index in [1.54, 1.807) is 24.8 Å². The van der Waals surface area contributed by atoms with E-state index in [1.165, 1.54) is 13.2 Å². The highest BCUT2D eigenvalue weighted by molar-refractivity contribution is 7.98. The molecule has 1 aromatic carbocycles. The number of thioether (sulfide) groups is 1. The van der Waals surface area contributed by atoms with E-state index in [0.717, 1.165) is 5.56 Å². The number of aryl methyl sites for hydroxylation is 1. The Morgan fingerprint density at radius 1 is 1.44 bits per heavy atom. The van der Waals surface area contributed by atoms with E-state index in [0.29, 0.717) is 23.7 Å². The molecule has 5 nitrogen and oxygen atoms in total. The van der Waals surface area contributed by atoms with Gasteiger partial charge in [-0.3, -0.25) is 0 Å². The van der Waals surface area contributed by atoms with Gasteiger partial charge in [-0.1, -0.05) is 0 Å². The maximum absolute atomic E-state index is 12.1. The predicted molar refractivity (Wildman–Crippen MR) is 75.7 cm³/mol. The van der Waals surface area contributed by atoms with Crippen LogP contribution in [0.3, 0.4) is 0 Å². The number of nitrogens with two attached hydrogens (primary N) is 1. The average Bonchev–Trinajstić information content (AvgIpc) is 2.32. The number of benzene rings is 1. The summed E-state index contributed by atoms with van der Waals surface area (Å²) in [6, 6.07) is 3.05. The number of sulfonamides is 1. The summed E-state index contributed by atoms with van der Waals surface area (Å²) in [4.78, 5) is 0.0780. The van der Waals surface area contributed by atoms with Crippen molar-refractivity contribution in [2.24, 2.45) is 0 Å². The smallest absolute Gasteiger partial charge is 0.244 e. The summed E-state index contributed by atoms with van der Waals surface area (Å²) in [5.74, 6) is 1.02. The molecule has 7 heteroatoms. The van der Waals surface area contributed by atoms with Gasteiger partial charge >= 0.3 is 0 Å². The van der Waals surface area contributed by atoms with Crippen molar-refractivity contribution >= 4 is 27.5 Å². The van der Waals surface area contributed by atoms with E-state index in [4.69, 9.17) is 10.5 Å². The average molecular weight is 290 g/mol. The molecule has 1 rings (SSSR count). The molecule has 0 spiro atoms. The number of nitrogen functional groups attached to an aromatic ring is 1. The fourth-order valence-electron chi connectivity index (χ4n) is 1.40. The number of nitrogens with one attached hydrogen (secondary N) is 1. The van der Waals surface area contributed by atoms with E-state index in [9.17, 15) is 8.42 Å². The molecule has 102 valence electrons. The lowest BCUT2D eigenvalue weighted by molar-refractivity contribution is 0.402. The van der Waals surface area contributed by atoms with Crippen molar-refractivity contribution in [2.45, 2.75) is 11.8 Å². The van der Waals surface area contributed by atoms with Crippen LogP contribution in [-0.2, 0) is 10.0 Å². The number of ether oxygens (including phenoxy) is 1. The molecular weight excluding hydrogens is 272 g/mol. The lowest BCUT2D eigenvalue weighted by Crippen LogP contribution is -2.26. The van der Waals surface area contributed by atoms with Gasteiger partial charge in [0.05, 0.1) is 7.11 Å². The van der Waals surface area contributed by atoms with Gasteiger partial charge in [0.15, 0.2) is 0 Å². The van der Waals surface area contributed by atoms with Crippen LogP contribution < -0.4 is 15.2 Å². The normalized spacial score (nSPS) is 11.5. The lowest BCUT2D eigenvalue weighted by atomic mass is 10.2. The van der Waals surface area contributed by atoms with Gasteiger partial charge in [0.2, 0.25) is 10.0 Å². The second-order valence-electron chi connectivity index (χ2n) is 3.75. The Hall–Kier alpha value is -0.920. The fraction of sp³-hybridized carbons (Fsp3) is 0.455. The Kier molecular flexibility index (Phi) is 5.30. The molecule has 0 radical (unpaired) electrons. The van der Waals surface area contributed by atoms with Crippen LogP contribution in [-0.4, -0.2) is 34.1 Å². The second-order valence-corrected chi connectivity index (χ2v) is 6.47. The van der Waals surface area contributed by atoms with Crippen molar-refractivity contribution < 1.29 is 13.2 Å². The summed E-state index contributed by atoms with van der Waals surface area (Å²) < 4.78 is 31.8. The molecule has 0 fully saturated rings. The molecule has 0 aliphatic carbocycles. The summed E-state index contributed by atoms with van der Waals surface area (Å²) in [5, 5.41) is 0. The largest absolute Gasteiger partial charge is 0.495 e. The van der Waals surface area contributed by atoms with Crippen molar-refractivity contribution in [3.05, 3.63) is 17.7 Å². The van der Waals surface area contributed by atoms with Crippen LogP contribution in [0.25, 0.3) is 0 Å². The Labute approximate surface area is 112 Å². The van der Waals surface area contributed by atoms with Crippen molar-refractivity contribution in [1.82, 2.24) is 4.72 Å². The molecule has 18 heavy (non-hydrogen) atoms. The van der Waals surface area contributed by atoms with E-state index >= 15 is 0 Å². The van der Waals surface area contributed by atoms with Gasteiger partial charge in [0, 0.05) is 18.0 Å². The van der Waals surface area contributed by atoms with Crippen molar-refractivity contribution in [2.75, 3.05) is 31.4 Å². The molecule has 1 aromatic rings. The molecule has 3 N–H and O–H groups in total. The number of hydrogen-bond donors (Lipinski definition) is 2. The third kappa shape index (κ3) is 3.54. The van der Waals surface area contributed by atoms with Crippen molar-refractivity contribution in [3.8, 4) is 5.75 Å². The molecule has 0 saturated carbocycles. The van der Waals surface area contributed by atoms with Gasteiger partial charge < -0.3 is 10.5 Å². The minimum Gasteiger partial charge on any atom is -0.495 e. The summed E-state index contributed by atoms with van der Waals surface area (Å²) in [6.45, 7) is 2.18. The number of hydrogen-bond acceptors (Lipinski definition) is 5. The first-order valence-electron chi connectivity index (χ1n) is 5.35. The third-order valence-electron chi connectivity index (χ3n) is 2.44. The summed E-state index contributed by atoms with van der Waals surface area (Å²) in [6.07, 6.45) is 1.92. The van der Waals surface area contributed by atoms with Gasteiger partial charge in [-0.25, -0.2) is 13.1 Å². The Bertz CT molecular complexity index is 515. The van der Waals surface area contributed by atoms with Gasteiger partial charge in [-0.2, -0.15) is 11.8 Å². The van der Waals surface area contributed by atoms with Crippen LogP contribution in [0.1, 0.15) is 5.56 Å². The predicted octanol–water partition coefficient (Wildman–Crippen LogP) is 1.23. The zero-order chi connectivity index (χ0) is 13.8. The van der Waals surface area contributed by atoms with Crippen molar-refractivity contribution in [1.29, 1.82) is 0 Å². The minimum absolute atomic E-state index is 0.0780. The summed E-state index contributed by atoms with van der Waals surface area (Å²) in [5.41, 5.74) is 6.96. The van der Waals surface area contributed by atoms with Gasteiger partial charge in [-0.05, 0) is 30.9 Å². The number of rotatable bonds is 6. The molecule has 0 bridgehead atoms. The Balaban J connectivity index is 3.11. The van der Waals surface area contributed by atoms with E-state index in [2.05, 4.69) is 4.72 Å². The highest BCUT2D eigenvalue weighted by Crippen LogP contribution is 2.28. The van der Waals surface area contributed by atoms with Crippen molar-refractivity contribution in [3.63, 3.8) is 0 Å². The maximum atomic E-state index is 12.1. The van der Waals surface area contributed by atoms with Gasteiger partial charge in [0.25, 0.3) is 0 Å². The molecule has 0 atom stereocenters. The molecule has 0 amide bonds. The fourth-order valence-corrected chi connectivity index (χ4v) is 3.05.